The Balaban J connectivity index is 1.75. The van der Waals surface area contributed by atoms with Crippen LogP contribution in [-0.4, -0.2) is 47.2 Å². The van der Waals surface area contributed by atoms with Crippen LogP contribution in [-0.2, 0) is 9.47 Å². The predicted molar refractivity (Wildman–Crippen MR) is 91.5 cm³/mol. The highest BCUT2D eigenvalue weighted by molar-refractivity contribution is 9.09. The first-order valence-electron chi connectivity index (χ1n) is 8.51. The summed E-state index contributed by atoms with van der Waals surface area (Å²) < 4.78 is 11.7. The summed E-state index contributed by atoms with van der Waals surface area (Å²) in [4.78, 5) is 13.9. The number of piperidine rings is 1. The third-order valence-corrected chi connectivity index (χ3v) is 5.75. The van der Waals surface area contributed by atoms with Gasteiger partial charge in [-0.25, -0.2) is 4.79 Å². The van der Waals surface area contributed by atoms with Gasteiger partial charge < -0.3 is 14.4 Å². The van der Waals surface area contributed by atoms with E-state index in [4.69, 9.17) is 9.47 Å². The number of carbonyl (C=O) groups excluding carboxylic acids is 1. The highest BCUT2D eigenvalue weighted by atomic mass is 79.9. The van der Waals surface area contributed by atoms with Crippen molar-refractivity contribution in [3.63, 3.8) is 0 Å². The minimum atomic E-state index is -0.430. The summed E-state index contributed by atoms with van der Waals surface area (Å²) >= 11 is 3.61. The van der Waals surface area contributed by atoms with E-state index in [-0.39, 0.29) is 11.7 Å². The van der Waals surface area contributed by atoms with Crippen LogP contribution in [0.1, 0.15) is 59.3 Å². The lowest BCUT2D eigenvalue weighted by molar-refractivity contribution is -0.0737. The second-order valence-electron chi connectivity index (χ2n) is 7.72. The van der Waals surface area contributed by atoms with Crippen LogP contribution in [0.5, 0.6) is 0 Å². The zero-order chi connectivity index (χ0) is 16.2. The van der Waals surface area contributed by atoms with Crippen molar-refractivity contribution in [2.24, 2.45) is 5.92 Å². The lowest BCUT2D eigenvalue weighted by Crippen LogP contribution is -2.50. The van der Waals surface area contributed by atoms with Gasteiger partial charge >= 0.3 is 6.09 Å². The molecule has 1 amide bonds. The SMILES string of the molecule is CC(C)(C)OC(=O)N1CCC(CBr)(OCCC2CCC2)CC1. The number of likely N-dealkylation sites (tertiary alicyclic amines) is 1. The standard InChI is InChI=1S/C17H30BrNO3/c1-16(2,3)22-15(20)19-10-8-17(13-18,9-11-19)21-12-7-14-5-4-6-14/h14H,4-13H2,1-3H3. The van der Waals surface area contributed by atoms with E-state index in [2.05, 4.69) is 15.9 Å². The topological polar surface area (TPSA) is 38.8 Å². The Morgan fingerprint density at radius 3 is 2.36 bits per heavy atom. The molecule has 0 spiro atoms. The fourth-order valence-electron chi connectivity index (χ4n) is 2.96. The molecule has 0 N–H and O–H groups in total. The van der Waals surface area contributed by atoms with Gasteiger partial charge in [-0.3, -0.25) is 0 Å². The van der Waals surface area contributed by atoms with Crippen molar-refractivity contribution in [1.82, 2.24) is 4.90 Å². The molecule has 128 valence electrons. The first kappa shape index (κ1) is 18.1. The number of ether oxygens (including phenoxy) is 2. The minimum Gasteiger partial charge on any atom is -0.444 e. The van der Waals surface area contributed by atoms with Crippen LogP contribution < -0.4 is 0 Å². The minimum absolute atomic E-state index is 0.109. The molecular formula is C17H30BrNO3. The van der Waals surface area contributed by atoms with Gasteiger partial charge in [-0.1, -0.05) is 35.2 Å². The molecule has 0 bridgehead atoms. The van der Waals surface area contributed by atoms with E-state index >= 15 is 0 Å². The highest BCUT2D eigenvalue weighted by Crippen LogP contribution is 2.33. The van der Waals surface area contributed by atoms with E-state index in [9.17, 15) is 4.79 Å². The maximum atomic E-state index is 12.1. The van der Waals surface area contributed by atoms with E-state index < -0.39 is 5.60 Å². The molecule has 0 unspecified atom stereocenters. The predicted octanol–water partition coefficient (Wildman–Crippen LogP) is 4.36. The molecule has 1 aliphatic carbocycles. The molecule has 0 aromatic rings. The van der Waals surface area contributed by atoms with Crippen LogP contribution in [0.3, 0.4) is 0 Å². The summed E-state index contributed by atoms with van der Waals surface area (Å²) in [6.07, 6.45) is 6.87. The molecule has 1 saturated heterocycles. The van der Waals surface area contributed by atoms with Gasteiger partial charge in [-0.05, 0) is 46.0 Å². The normalized spacial score (nSPS) is 22.3. The number of alkyl halides is 1. The Morgan fingerprint density at radius 2 is 1.91 bits per heavy atom. The molecule has 4 nitrogen and oxygen atoms in total. The van der Waals surface area contributed by atoms with Gasteiger partial charge in [-0.15, -0.1) is 0 Å². The monoisotopic (exact) mass is 375 g/mol. The summed E-state index contributed by atoms with van der Waals surface area (Å²) in [6, 6.07) is 0. The molecule has 5 heteroatoms. The second-order valence-corrected chi connectivity index (χ2v) is 8.28. The zero-order valence-electron chi connectivity index (χ0n) is 14.2. The Hall–Kier alpha value is -0.290. The Bertz CT molecular complexity index is 369. The van der Waals surface area contributed by atoms with Gasteiger partial charge in [0.1, 0.15) is 5.60 Å². The first-order chi connectivity index (χ1) is 10.3. The molecule has 0 atom stereocenters. The zero-order valence-corrected chi connectivity index (χ0v) is 15.8. The molecule has 0 aromatic carbocycles. The maximum Gasteiger partial charge on any atom is 0.410 e. The largest absolute Gasteiger partial charge is 0.444 e. The van der Waals surface area contributed by atoms with Gasteiger partial charge in [0.2, 0.25) is 0 Å². The quantitative estimate of drug-likeness (QED) is 0.670. The molecular weight excluding hydrogens is 346 g/mol. The lowest BCUT2D eigenvalue weighted by atomic mass is 9.83. The van der Waals surface area contributed by atoms with E-state index in [0.29, 0.717) is 13.1 Å². The van der Waals surface area contributed by atoms with E-state index in [1.807, 2.05) is 20.8 Å². The van der Waals surface area contributed by atoms with Gasteiger partial charge in [0.15, 0.2) is 0 Å². The number of halogens is 1. The van der Waals surface area contributed by atoms with Crippen molar-refractivity contribution in [3.05, 3.63) is 0 Å². The van der Waals surface area contributed by atoms with Crippen LogP contribution in [0.15, 0.2) is 0 Å². The van der Waals surface area contributed by atoms with Crippen LogP contribution >= 0.6 is 15.9 Å². The summed E-state index contributed by atoms with van der Waals surface area (Å²) in [5.74, 6) is 0.884. The Morgan fingerprint density at radius 1 is 1.27 bits per heavy atom. The molecule has 1 aliphatic heterocycles. The Kier molecular flexibility index (Phi) is 6.17. The molecule has 1 heterocycles. The summed E-state index contributed by atoms with van der Waals surface area (Å²) in [7, 11) is 0. The van der Waals surface area contributed by atoms with Gasteiger partial charge in [0.25, 0.3) is 0 Å². The van der Waals surface area contributed by atoms with Crippen LogP contribution in [0.4, 0.5) is 4.79 Å². The Labute approximate surface area is 143 Å². The molecule has 0 radical (unpaired) electrons. The van der Waals surface area contributed by atoms with Crippen molar-refractivity contribution < 1.29 is 14.3 Å². The number of hydrogen-bond acceptors (Lipinski definition) is 3. The van der Waals surface area contributed by atoms with Crippen LogP contribution in [0.25, 0.3) is 0 Å². The maximum absolute atomic E-state index is 12.1. The van der Waals surface area contributed by atoms with E-state index in [1.165, 1.54) is 25.7 Å². The lowest BCUT2D eigenvalue weighted by Gasteiger charge is -2.41. The molecule has 2 aliphatic rings. The van der Waals surface area contributed by atoms with Crippen molar-refractivity contribution in [2.75, 3.05) is 25.0 Å². The smallest absolute Gasteiger partial charge is 0.410 e. The fraction of sp³-hybridized carbons (Fsp3) is 0.941. The third kappa shape index (κ3) is 5.12. The van der Waals surface area contributed by atoms with Crippen LogP contribution in [0.2, 0.25) is 0 Å². The molecule has 2 rings (SSSR count). The third-order valence-electron chi connectivity index (χ3n) is 4.73. The number of amides is 1. The van der Waals surface area contributed by atoms with E-state index in [0.717, 1.165) is 30.7 Å². The van der Waals surface area contributed by atoms with Gasteiger partial charge in [-0.2, -0.15) is 0 Å². The number of hydrogen-bond donors (Lipinski definition) is 0. The summed E-state index contributed by atoms with van der Waals surface area (Å²) in [5.41, 5.74) is -0.539. The number of nitrogens with zero attached hydrogens (tertiary/aromatic N) is 1. The van der Waals surface area contributed by atoms with Gasteiger partial charge in [0.05, 0.1) is 5.60 Å². The van der Waals surface area contributed by atoms with Crippen LogP contribution in [0, 0.1) is 5.92 Å². The molecule has 1 saturated carbocycles. The summed E-state index contributed by atoms with van der Waals surface area (Å²) in [5, 5.41) is 0.840. The van der Waals surface area contributed by atoms with Crippen molar-refractivity contribution in [1.29, 1.82) is 0 Å². The molecule has 2 fully saturated rings. The average Bonchev–Trinajstić information content (AvgIpc) is 2.40. The highest BCUT2D eigenvalue weighted by Gasteiger charge is 2.37. The number of rotatable bonds is 5. The molecule has 0 aromatic heterocycles. The second kappa shape index (κ2) is 7.52. The average molecular weight is 376 g/mol. The summed E-state index contributed by atoms with van der Waals surface area (Å²) in [6.45, 7) is 7.99. The van der Waals surface area contributed by atoms with Gasteiger partial charge in [0, 0.05) is 25.0 Å². The first-order valence-corrected chi connectivity index (χ1v) is 9.64. The van der Waals surface area contributed by atoms with Crippen molar-refractivity contribution in [3.8, 4) is 0 Å². The molecule has 22 heavy (non-hydrogen) atoms. The fourth-order valence-corrected chi connectivity index (χ4v) is 3.69. The van der Waals surface area contributed by atoms with Crippen molar-refractivity contribution in [2.45, 2.75) is 70.5 Å². The van der Waals surface area contributed by atoms with E-state index in [1.54, 1.807) is 4.90 Å². The number of carbonyl (C=O) groups is 1. The van der Waals surface area contributed by atoms with Crippen molar-refractivity contribution >= 4 is 22.0 Å².